The number of aromatic hydroxyl groups is 1. The molecule has 9 heteroatoms. The second-order valence-corrected chi connectivity index (χ2v) is 7.84. The van der Waals surface area contributed by atoms with Crippen molar-refractivity contribution >= 4 is 57.8 Å². The fraction of sp³-hybridized carbons (Fsp3) is 0.125. The maximum Gasteiger partial charge on any atom is 0.339 e. The predicted molar refractivity (Wildman–Crippen MR) is 105 cm³/mol. The molecule has 0 radical (unpaired) electrons. The molecule has 0 aromatic heterocycles. The van der Waals surface area contributed by atoms with Gasteiger partial charge in [-0.15, -0.1) is 23.5 Å². The highest BCUT2D eigenvalue weighted by Gasteiger charge is 2.24. The average molecular weight is 389 g/mol. The first kappa shape index (κ1) is 17.6. The van der Waals surface area contributed by atoms with E-state index < -0.39 is 11.7 Å². The van der Waals surface area contributed by atoms with Crippen LogP contribution in [0.25, 0.3) is 16.0 Å². The van der Waals surface area contributed by atoms with E-state index in [1.165, 1.54) is 12.1 Å². The summed E-state index contributed by atoms with van der Waals surface area (Å²) < 4.78 is 0. The van der Waals surface area contributed by atoms with Gasteiger partial charge in [0.15, 0.2) is 0 Å². The zero-order valence-corrected chi connectivity index (χ0v) is 15.1. The molecule has 0 fully saturated rings. The molecular formula is C16H11N3O3S3. The van der Waals surface area contributed by atoms with Crippen LogP contribution < -0.4 is 0 Å². The van der Waals surface area contributed by atoms with E-state index in [1.807, 2.05) is 17.6 Å². The Hall–Kier alpha value is -2.19. The van der Waals surface area contributed by atoms with Gasteiger partial charge in [0.25, 0.3) is 0 Å². The zero-order chi connectivity index (χ0) is 18.0. The van der Waals surface area contributed by atoms with E-state index >= 15 is 0 Å². The normalized spacial score (nSPS) is 16.6. The van der Waals surface area contributed by atoms with Crippen LogP contribution in [0.4, 0.5) is 5.69 Å². The first-order valence-electron chi connectivity index (χ1n) is 7.07. The molecule has 0 saturated carbocycles. The van der Waals surface area contributed by atoms with Gasteiger partial charge in [-0.1, -0.05) is 29.5 Å². The van der Waals surface area contributed by atoms with Crippen molar-refractivity contribution in [3.05, 3.63) is 61.7 Å². The van der Waals surface area contributed by atoms with Crippen molar-refractivity contribution in [2.24, 2.45) is 5.11 Å². The summed E-state index contributed by atoms with van der Waals surface area (Å²) in [4.78, 5) is 15.8. The fourth-order valence-corrected chi connectivity index (χ4v) is 5.14. The summed E-state index contributed by atoms with van der Waals surface area (Å²) in [5.74, 6) is -1.69. The largest absolute Gasteiger partial charge is 0.507 e. The van der Waals surface area contributed by atoms with Crippen LogP contribution in [0.1, 0.15) is 22.3 Å². The minimum absolute atomic E-state index is 0.135. The quantitative estimate of drug-likeness (QED) is 0.309. The van der Waals surface area contributed by atoms with Crippen LogP contribution in [0.15, 0.2) is 45.3 Å². The summed E-state index contributed by atoms with van der Waals surface area (Å²) in [6.07, 6.45) is 4.39. The van der Waals surface area contributed by atoms with Gasteiger partial charge in [-0.05, 0) is 34.2 Å². The average Bonchev–Trinajstić information content (AvgIpc) is 3.10. The Morgan fingerprint density at radius 1 is 1.40 bits per heavy atom. The molecule has 2 N–H and O–H groups in total. The van der Waals surface area contributed by atoms with Gasteiger partial charge >= 0.3 is 5.97 Å². The molecule has 1 aromatic carbocycles. The minimum atomic E-state index is -1.30. The van der Waals surface area contributed by atoms with E-state index in [-0.39, 0.29) is 11.3 Å². The van der Waals surface area contributed by atoms with Crippen molar-refractivity contribution in [1.82, 2.24) is 0 Å². The van der Waals surface area contributed by atoms with Gasteiger partial charge < -0.3 is 10.2 Å². The molecule has 1 aliphatic heterocycles. The number of azide groups is 1. The molecule has 0 spiro atoms. The molecular weight excluding hydrogens is 378 g/mol. The molecule has 1 heterocycles. The Bertz CT molecular complexity index is 928. The fourth-order valence-electron chi connectivity index (χ4n) is 2.58. The number of thioether (sulfide) groups is 2. The third-order valence-electron chi connectivity index (χ3n) is 3.64. The molecule has 1 aliphatic carbocycles. The molecule has 25 heavy (non-hydrogen) atoms. The summed E-state index contributed by atoms with van der Waals surface area (Å²) in [6.45, 7) is 0. The monoisotopic (exact) mass is 389 g/mol. The van der Waals surface area contributed by atoms with Crippen molar-refractivity contribution < 1.29 is 15.0 Å². The van der Waals surface area contributed by atoms with Crippen molar-refractivity contribution in [2.75, 3.05) is 5.08 Å². The van der Waals surface area contributed by atoms with Crippen molar-refractivity contribution in [1.29, 1.82) is 0 Å². The maximum atomic E-state index is 11.2. The molecule has 3 rings (SSSR count). The zero-order valence-electron chi connectivity index (χ0n) is 12.7. The van der Waals surface area contributed by atoms with Crippen LogP contribution in [0.2, 0.25) is 0 Å². The summed E-state index contributed by atoms with van der Waals surface area (Å²) in [5.41, 5.74) is 10.7. The first-order chi connectivity index (χ1) is 12.0. The summed E-state index contributed by atoms with van der Waals surface area (Å²) >= 11 is 8.86. The smallest absolute Gasteiger partial charge is 0.339 e. The SMILES string of the molecule is [N-]=[N+]=Nc1cc(C(=O)O)c(O)cc1C1=C(C2=CSCS2)C(=S)CC=C1. The van der Waals surface area contributed by atoms with Crippen molar-refractivity contribution in [3.63, 3.8) is 0 Å². The number of carboxylic acids is 1. The van der Waals surface area contributed by atoms with Gasteiger partial charge in [0.2, 0.25) is 0 Å². The minimum Gasteiger partial charge on any atom is -0.507 e. The highest BCUT2D eigenvalue weighted by Crippen LogP contribution is 2.45. The first-order valence-corrected chi connectivity index (χ1v) is 9.52. The molecule has 0 amide bonds. The summed E-state index contributed by atoms with van der Waals surface area (Å²) in [7, 11) is 0. The predicted octanol–water partition coefficient (Wildman–Crippen LogP) is 5.39. The van der Waals surface area contributed by atoms with Crippen molar-refractivity contribution in [2.45, 2.75) is 6.42 Å². The van der Waals surface area contributed by atoms with Crippen molar-refractivity contribution in [3.8, 4) is 5.75 Å². The lowest BCUT2D eigenvalue weighted by molar-refractivity contribution is 0.0694. The van der Waals surface area contributed by atoms with Gasteiger partial charge in [-0.3, -0.25) is 0 Å². The molecule has 1 aromatic rings. The number of carboxylic acid groups (broad SMARTS) is 1. The lowest BCUT2D eigenvalue weighted by Crippen LogP contribution is -2.07. The topological polar surface area (TPSA) is 106 Å². The number of rotatable bonds is 4. The van der Waals surface area contributed by atoms with Crippen LogP contribution in [0, 0.1) is 0 Å². The molecule has 6 nitrogen and oxygen atoms in total. The number of nitrogens with zero attached hydrogens (tertiary/aromatic N) is 3. The third kappa shape index (κ3) is 3.45. The number of hydrogen-bond acceptors (Lipinski definition) is 6. The maximum absolute atomic E-state index is 11.2. The summed E-state index contributed by atoms with van der Waals surface area (Å²) in [6, 6.07) is 2.49. The molecule has 126 valence electrons. The second-order valence-electron chi connectivity index (χ2n) is 5.11. The van der Waals surface area contributed by atoms with Crippen LogP contribution in [0.3, 0.4) is 0 Å². The number of benzene rings is 1. The molecule has 0 atom stereocenters. The number of allylic oxidation sites excluding steroid dienone is 4. The van der Waals surface area contributed by atoms with E-state index in [2.05, 4.69) is 10.0 Å². The molecule has 0 saturated heterocycles. The molecule has 0 unspecified atom stereocenters. The van der Waals surface area contributed by atoms with E-state index in [9.17, 15) is 9.90 Å². The number of hydrogen-bond donors (Lipinski definition) is 2. The highest BCUT2D eigenvalue weighted by atomic mass is 32.2. The number of aromatic carboxylic acids is 1. The summed E-state index contributed by atoms with van der Waals surface area (Å²) in [5, 5.41) is 25.8. The standard InChI is InChI=1S/C16H11N3O3S3/c17-19-18-11-4-10(16(21)22)12(20)5-9(11)8-2-1-3-13(23)15(8)14-6-24-7-25-14/h1-2,4-6,20H,3,7H2,(H,21,22). The van der Waals surface area contributed by atoms with Gasteiger partial charge in [0, 0.05) is 37.4 Å². The van der Waals surface area contributed by atoms with Crippen LogP contribution in [0.5, 0.6) is 5.75 Å². The van der Waals surface area contributed by atoms with E-state index in [0.29, 0.717) is 17.6 Å². The Morgan fingerprint density at radius 2 is 2.20 bits per heavy atom. The second kappa shape index (κ2) is 7.37. The van der Waals surface area contributed by atoms with Gasteiger partial charge in [-0.25, -0.2) is 4.79 Å². The number of carbonyl (C=O) groups is 1. The highest BCUT2D eigenvalue weighted by molar-refractivity contribution is 8.22. The number of thiocarbonyl (C=S) groups is 1. The van der Waals surface area contributed by atoms with E-state index in [0.717, 1.165) is 20.4 Å². The van der Waals surface area contributed by atoms with Crippen LogP contribution in [-0.2, 0) is 0 Å². The van der Waals surface area contributed by atoms with Gasteiger partial charge in [0.05, 0.1) is 0 Å². The lowest BCUT2D eigenvalue weighted by Gasteiger charge is -2.20. The van der Waals surface area contributed by atoms with Crippen LogP contribution >= 0.6 is 35.7 Å². The number of phenols is 1. The lowest BCUT2D eigenvalue weighted by atomic mass is 9.90. The van der Waals surface area contributed by atoms with Crippen LogP contribution in [-0.4, -0.2) is 26.1 Å². The van der Waals surface area contributed by atoms with E-state index in [4.69, 9.17) is 22.9 Å². The molecule has 2 aliphatic rings. The van der Waals surface area contributed by atoms with E-state index in [1.54, 1.807) is 23.5 Å². The Balaban J connectivity index is 2.29. The molecule has 0 bridgehead atoms. The van der Waals surface area contributed by atoms with Gasteiger partial charge in [-0.2, -0.15) is 0 Å². The Morgan fingerprint density at radius 3 is 2.84 bits per heavy atom. The Labute approximate surface area is 156 Å². The Kier molecular flexibility index (Phi) is 5.19. The third-order valence-corrected chi connectivity index (χ3v) is 6.21. The van der Waals surface area contributed by atoms with Gasteiger partial charge in [0.1, 0.15) is 11.3 Å².